The lowest BCUT2D eigenvalue weighted by atomic mass is 10.1. The number of alkyl carbamates (subject to hydrolysis) is 1. The molecule has 5 nitrogen and oxygen atoms in total. The Morgan fingerprint density at radius 1 is 1.12 bits per heavy atom. The topological polar surface area (TPSA) is 75.6 Å². The maximum atomic E-state index is 11.8. The van der Waals surface area contributed by atoms with Gasteiger partial charge in [0, 0.05) is 0 Å². The molecule has 0 bridgehead atoms. The highest BCUT2D eigenvalue weighted by Gasteiger charge is 2.17. The molecule has 0 saturated carbocycles. The molecule has 0 heterocycles. The van der Waals surface area contributed by atoms with E-state index in [1.807, 2.05) is 61.5 Å². The molecule has 0 unspecified atom stereocenters. The van der Waals surface area contributed by atoms with Crippen molar-refractivity contribution in [3.05, 3.63) is 77.4 Å². The van der Waals surface area contributed by atoms with Crippen LogP contribution in [0.3, 0.4) is 0 Å². The molecule has 5 heteroatoms. The van der Waals surface area contributed by atoms with Crippen LogP contribution in [-0.4, -0.2) is 23.2 Å². The number of carboxylic acid groups (broad SMARTS) is 1. The molecule has 0 aliphatic carbocycles. The molecule has 0 saturated heterocycles. The van der Waals surface area contributed by atoms with Crippen molar-refractivity contribution in [3.63, 3.8) is 0 Å². The third-order valence-corrected chi connectivity index (χ3v) is 3.41. The van der Waals surface area contributed by atoms with E-state index in [1.165, 1.54) is 6.08 Å². The van der Waals surface area contributed by atoms with Crippen LogP contribution in [0.15, 0.2) is 60.7 Å². The number of amides is 1. The summed E-state index contributed by atoms with van der Waals surface area (Å²) in [4.78, 5) is 23.1. The Morgan fingerprint density at radius 2 is 1.79 bits per heavy atom. The van der Waals surface area contributed by atoms with Crippen molar-refractivity contribution in [2.75, 3.05) is 0 Å². The SMILES string of the molecule is Cc1ccccc1/C=C/[C@H](NC(=O)OCc1ccccc1)C(=O)O. The van der Waals surface area contributed by atoms with Gasteiger partial charge in [-0.15, -0.1) is 0 Å². The molecule has 0 aliphatic heterocycles. The molecular formula is C19H19NO4. The maximum absolute atomic E-state index is 11.8. The van der Waals surface area contributed by atoms with E-state index in [1.54, 1.807) is 6.08 Å². The molecule has 1 atom stereocenters. The van der Waals surface area contributed by atoms with E-state index in [4.69, 9.17) is 4.74 Å². The number of benzene rings is 2. The number of hydrogen-bond donors (Lipinski definition) is 2. The largest absolute Gasteiger partial charge is 0.479 e. The van der Waals surface area contributed by atoms with Gasteiger partial charge >= 0.3 is 12.1 Å². The van der Waals surface area contributed by atoms with Gasteiger partial charge in [-0.2, -0.15) is 0 Å². The highest BCUT2D eigenvalue weighted by atomic mass is 16.5. The van der Waals surface area contributed by atoms with Gasteiger partial charge in [-0.3, -0.25) is 0 Å². The van der Waals surface area contributed by atoms with Crippen molar-refractivity contribution >= 4 is 18.1 Å². The summed E-state index contributed by atoms with van der Waals surface area (Å²) in [5.74, 6) is -1.16. The number of carbonyl (C=O) groups is 2. The second-order valence-electron chi connectivity index (χ2n) is 5.24. The normalized spacial score (nSPS) is 11.9. The van der Waals surface area contributed by atoms with Crippen LogP contribution in [-0.2, 0) is 16.1 Å². The second kappa shape index (κ2) is 8.53. The smallest absolute Gasteiger partial charge is 0.408 e. The zero-order valence-electron chi connectivity index (χ0n) is 13.3. The molecule has 2 aromatic carbocycles. The first-order valence-electron chi connectivity index (χ1n) is 7.50. The Hall–Kier alpha value is -3.08. The number of carboxylic acids is 1. The van der Waals surface area contributed by atoms with Gasteiger partial charge in [0.05, 0.1) is 0 Å². The van der Waals surface area contributed by atoms with Gasteiger partial charge in [-0.05, 0) is 23.6 Å². The molecular weight excluding hydrogens is 306 g/mol. The van der Waals surface area contributed by atoms with E-state index in [2.05, 4.69) is 5.32 Å². The van der Waals surface area contributed by atoms with E-state index < -0.39 is 18.1 Å². The summed E-state index contributed by atoms with van der Waals surface area (Å²) in [5, 5.41) is 11.6. The summed E-state index contributed by atoms with van der Waals surface area (Å²) in [6.45, 7) is 2.01. The Kier molecular flexibility index (Phi) is 6.14. The van der Waals surface area contributed by atoms with Crippen molar-refractivity contribution in [2.24, 2.45) is 0 Å². The van der Waals surface area contributed by atoms with E-state index in [-0.39, 0.29) is 6.61 Å². The fourth-order valence-corrected chi connectivity index (χ4v) is 2.06. The van der Waals surface area contributed by atoms with Crippen molar-refractivity contribution in [3.8, 4) is 0 Å². The minimum absolute atomic E-state index is 0.0838. The van der Waals surface area contributed by atoms with Crippen LogP contribution >= 0.6 is 0 Å². The van der Waals surface area contributed by atoms with Crippen LogP contribution in [0.2, 0.25) is 0 Å². The predicted molar refractivity (Wildman–Crippen MR) is 91.4 cm³/mol. The standard InChI is InChI=1S/C19H19NO4/c1-14-7-5-6-10-16(14)11-12-17(18(21)22)20-19(23)24-13-15-8-3-2-4-9-15/h2-12,17H,13H2,1H3,(H,20,23)(H,21,22)/b12-11+/t17-/m0/s1. The third-order valence-electron chi connectivity index (χ3n) is 3.41. The van der Waals surface area contributed by atoms with Crippen LogP contribution in [0, 0.1) is 6.92 Å². The van der Waals surface area contributed by atoms with E-state index >= 15 is 0 Å². The average Bonchev–Trinajstić information content (AvgIpc) is 2.58. The fraction of sp³-hybridized carbons (Fsp3) is 0.158. The highest BCUT2D eigenvalue weighted by Crippen LogP contribution is 2.09. The van der Waals surface area contributed by atoms with Crippen molar-refractivity contribution in [1.82, 2.24) is 5.32 Å². The zero-order chi connectivity index (χ0) is 17.4. The number of ether oxygens (including phenoxy) is 1. The number of hydrogen-bond acceptors (Lipinski definition) is 3. The summed E-state index contributed by atoms with van der Waals surface area (Å²) < 4.78 is 5.04. The fourth-order valence-electron chi connectivity index (χ4n) is 2.06. The Morgan fingerprint density at radius 3 is 2.46 bits per heavy atom. The molecule has 0 aromatic heterocycles. The van der Waals surface area contributed by atoms with E-state index in [0.29, 0.717) is 0 Å². The minimum atomic E-state index is -1.16. The summed E-state index contributed by atoms with van der Waals surface area (Å²) >= 11 is 0. The summed E-state index contributed by atoms with van der Waals surface area (Å²) in [6.07, 6.45) is 2.32. The quantitative estimate of drug-likeness (QED) is 0.853. The van der Waals surface area contributed by atoms with Crippen LogP contribution in [0.4, 0.5) is 4.79 Å². The first-order valence-corrected chi connectivity index (χ1v) is 7.50. The van der Waals surface area contributed by atoms with Crippen molar-refractivity contribution < 1.29 is 19.4 Å². The van der Waals surface area contributed by atoms with Gasteiger partial charge in [0.1, 0.15) is 12.6 Å². The molecule has 0 aliphatic rings. The monoisotopic (exact) mass is 325 g/mol. The van der Waals surface area contributed by atoms with Crippen LogP contribution in [0.1, 0.15) is 16.7 Å². The number of aryl methyl sites for hydroxylation is 1. The molecule has 2 N–H and O–H groups in total. The zero-order valence-corrected chi connectivity index (χ0v) is 13.3. The molecule has 2 aromatic rings. The van der Waals surface area contributed by atoms with Gasteiger partial charge in [0.2, 0.25) is 0 Å². The lowest BCUT2D eigenvalue weighted by molar-refractivity contribution is -0.138. The van der Waals surface area contributed by atoms with Gasteiger partial charge in [-0.25, -0.2) is 9.59 Å². The molecule has 1 amide bonds. The molecule has 124 valence electrons. The van der Waals surface area contributed by atoms with Gasteiger partial charge < -0.3 is 15.2 Å². The first kappa shape index (κ1) is 17.3. The predicted octanol–water partition coefficient (Wildman–Crippen LogP) is 3.39. The number of nitrogens with one attached hydrogen (secondary N) is 1. The first-order chi connectivity index (χ1) is 11.6. The van der Waals surface area contributed by atoms with Crippen LogP contribution < -0.4 is 5.32 Å². The van der Waals surface area contributed by atoms with Gasteiger partial charge in [-0.1, -0.05) is 66.7 Å². The molecule has 0 spiro atoms. The third kappa shape index (κ3) is 5.28. The van der Waals surface area contributed by atoms with Crippen molar-refractivity contribution in [2.45, 2.75) is 19.6 Å². The Labute approximate surface area is 140 Å². The molecule has 0 fully saturated rings. The molecule has 2 rings (SSSR count). The number of aliphatic carboxylic acids is 1. The highest BCUT2D eigenvalue weighted by molar-refractivity contribution is 5.83. The van der Waals surface area contributed by atoms with Crippen molar-refractivity contribution in [1.29, 1.82) is 0 Å². The van der Waals surface area contributed by atoms with Crippen LogP contribution in [0.5, 0.6) is 0 Å². The lowest BCUT2D eigenvalue weighted by Crippen LogP contribution is -2.39. The summed E-state index contributed by atoms with van der Waals surface area (Å²) in [7, 11) is 0. The van der Waals surface area contributed by atoms with Gasteiger partial charge in [0.15, 0.2) is 0 Å². The number of rotatable bonds is 6. The van der Waals surface area contributed by atoms with Gasteiger partial charge in [0.25, 0.3) is 0 Å². The van der Waals surface area contributed by atoms with E-state index in [0.717, 1.165) is 16.7 Å². The average molecular weight is 325 g/mol. The Balaban J connectivity index is 1.94. The second-order valence-corrected chi connectivity index (χ2v) is 5.24. The van der Waals surface area contributed by atoms with E-state index in [9.17, 15) is 14.7 Å². The summed E-state index contributed by atoms with van der Waals surface area (Å²) in [6, 6.07) is 15.6. The molecule has 24 heavy (non-hydrogen) atoms. The Bertz CT molecular complexity index is 725. The minimum Gasteiger partial charge on any atom is -0.479 e. The van der Waals surface area contributed by atoms with Crippen LogP contribution in [0.25, 0.3) is 6.08 Å². The lowest BCUT2D eigenvalue weighted by Gasteiger charge is -2.11. The molecule has 0 radical (unpaired) electrons. The summed E-state index contributed by atoms with van der Waals surface area (Å²) in [5.41, 5.74) is 2.74. The number of carbonyl (C=O) groups excluding carboxylic acids is 1. The maximum Gasteiger partial charge on any atom is 0.408 e.